The van der Waals surface area contributed by atoms with E-state index in [1.807, 2.05) is 30.3 Å². The third kappa shape index (κ3) is 3.82. The van der Waals surface area contributed by atoms with Crippen molar-refractivity contribution in [1.29, 1.82) is 0 Å². The molecular weight excluding hydrogens is 386 g/mol. The maximum atomic E-state index is 12.7. The lowest BCUT2D eigenvalue weighted by Gasteiger charge is -2.13. The summed E-state index contributed by atoms with van der Waals surface area (Å²) in [6.07, 6.45) is 4.00. The largest absolute Gasteiger partial charge is 0.462 e. The third-order valence-electron chi connectivity index (χ3n) is 5.03. The highest BCUT2D eigenvalue weighted by Gasteiger charge is 2.27. The van der Waals surface area contributed by atoms with E-state index in [2.05, 4.69) is 10.4 Å². The number of benzene rings is 1. The van der Waals surface area contributed by atoms with E-state index in [1.54, 1.807) is 31.4 Å². The maximum Gasteiger partial charge on any atom is 0.341 e. The van der Waals surface area contributed by atoms with Crippen LogP contribution in [0, 0.1) is 0 Å². The molecule has 2 aromatic heterocycles. The Bertz CT molecular complexity index is 1100. The van der Waals surface area contributed by atoms with E-state index >= 15 is 0 Å². The molecule has 0 saturated heterocycles. The summed E-state index contributed by atoms with van der Waals surface area (Å²) in [5.74, 6) is -0.330. The van der Waals surface area contributed by atoms with Crippen molar-refractivity contribution in [2.24, 2.45) is 7.05 Å². The van der Waals surface area contributed by atoms with Crippen LogP contribution in [0.5, 0.6) is 0 Å². The van der Waals surface area contributed by atoms with E-state index in [9.17, 15) is 9.59 Å². The Balaban J connectivity index is 1.78. The van der Waals surface area contributed by atoms with Crippen molar-refractivity contribution in [3.63, 3.8) is 0 Å². The summed E-state index contributed by atoms with van der Waals surface area (Å²) in [4.78, 5) is 26.6. The Morgan fingerprint density at radius 1 is 1.24 bits per heavy atom. The highest BCUT2D eigenvalue weighted by atomic mass is 32.1. The fourth-order valence-electron chi connectivity index (χ4n) is 3.64. The molecule has 0 bridgehead atoms. The van der Waals surface area contributed by atoms with Gasteiger partial charge in [0.05, 0.1) is 17.9 Å². The van der Waals surface area contributed by atoms with Crippen molar-refractivity contribution < 1.29 is 9.53 Å². The number of nitrogens with zero attached hydrogens (tertiary/aromatic N) is 2. The van der Waals surface area contributed by atoms with Crippen LogP contribution in [0.3, 0.4) is 0 Å². The molecule has 1 aliphatic rings. The molecule has 0 spiro atoms. The van der Waals surface area contributed by atoms with Gasteiger partial charge >= 0.3 is 5.97 Å². The predicted molar refractivity (Wildman–Crippen MR) is 115 cm³/mol. The van der Waals surface area contributed by atoms with Crippen LogP contribution in [-0.2, 0) is 24.6 Å². The number of rotatable bonds is 5. The zero-order valence-electron chi connectivity index (χ0n) is 16.5. The van der Waals surface area contributed by atoms with Crippen molar-refractivity contribution in [2.75, 3.05) is 11.9 Å². The van der Waals surface area contributed by atoms with Crippen LogP contribution in [0.25, 0.3) is 11.3 Å². The van der Waals surface area contributed by atoms with Gasteiger partial charge in [0.15, 0.2) is 0 Å². The average Bonchev–Trinajstić information content (AvgIpc) is 3.10. The van der Waals surface area contributed by atoms with Crippen molar-refractivity contribution in [2.45, 2.75) is 32.6 Å². The number of hydrogen-bond acceptors (Lipinski definition) is 6. The van der Waals surface area contributed by atoms with Crippen LogP contribution in [0.1, 0.15) is 40.6 Å². The SMILES string of the molecule is CCOC(=O)c1c(Nc2cc(-c3ccccc3)nn(C)c2=O)sc2c1CCCC2. The van der Waals surface area contributed by atoms with Gasteiger partial charge in [0.2, 0.25) is 0 Å². The van der Waals surface area contributed by atoms with Gasteiger partial charge in [-0.1, -0.05) is 30.3 Å². The van der Waals surface area contributed by atoms with Crippen LogP contribution >= 0.6 is 11.3 Å². The summed E-state index contributed by atoms with van der Waals surface area (Å²) < 4.78 is 6.63. The topological polar surface area (TPSA) is 73.2 Å². The van der Waals surface area contributed by atoms with Gasteiger partial charge in [0.1, 0.15) is 10.7 Å². The number of fused-ring (bicyclic) bond motifs is 1. The number of nitrogens with one attached hydrogen (secondary N) is 1. The molecule has 7 heteroatoms. The molecule has 0 amide bonds. The number of carbonyl (C=O) groups is 1. The van der Waals surface area contributed by atoms with E-state index in [0.717, 1.165) is 36.8 Å². The van der Waals surface area contributed by atoms with Crippen LogP contribution in [0.4, 0.5) is 10.7 Å². The maximum absolute atomic E-state index is 12.7. The van der Waals surface area contributed by atoms with Crippen LogP contribution < -0.4 is 10.9 Å². The number of aromatic nitrogens is 2. The molecule has 0 saturated carbocycles. The minimum atomic E-state index is -0.330. The fourth-order valence-corrected chi connectivity index (χ4v) is 4.93. The lowest BCUT2D eigenvalue weighted by molar-refractivity contribution is 0.0526. The first kappa shape index (κ1) is 19.4. The third-order valence-corrected chi connectivity index (χ3v) is 6.24. The van der Waals surface area contributed by atoms with Crippen molar-refractivity contribution >= 4 is 28.0 Å². The normalized spacial score (nSPS) is 13.0. The van der Waals surface area contributed by atoms with Crippen LogP contribution in [0.2, 0.25) is 0 Å². The smallest absolute Gasteiger partial charge is 0.341 e. The van der Waals surface area contributed by atoms with E-state index in [1.165, 1.54) is 9.56 Å². The number of aryl methyl sites for hydroxylation is 2. The van der Waals surface area contributed by atoms with Gasteiger partial charge in [-0.3, -0.25) is 4.79 Å². The zero-order valence-corrected chi connectivity index (χ0v) is 17.3. The molecule has 0 atom stereocenters. The standard InChI is InChI=1S/C22H23N3O3S/c1-3-28-22(27)19-15-11-7-8-12-18(15)29-20(19)23-17-13-16(24-25(2)21(17)26)14-9-5-4-6-10-14/h4-6,9-10,13,23H,3,7-8,11-12H2,1-2H3. The van der Waals surface area contributed by atoms with E-state index in [-0.39, 0.29) is 11.5 Å². The molecule has 29 heavy (non-hydrogen) atoms. The number of carbonyl (C=O) groups excluding carboxylic acids is 1. The van der Waals surface area contributed by atoms with E-state index < -0.39 is 0 Å². The van der Waals surface area contributed by atoms with Gasteiger partial charge in [-0.25, -0.2) is 9.48 Å². The Morgan fingerprint density at radius 2 is 2.00 bits per heavy atom. The Hall–Kier alpha value is -2.93. The van der Waals surface area contributed by atoms with E-state index in [0.29, 0.717) is 28.6 Å². The molecular formula is C22H23N3O3S. The average molecular weight is 410 g/mol. The van der Waals surface area contributed by atoms with Gasteiger partial charge in [-0.05, 0) is 44.2 Å². The van der Waals surface area contributed by atoms with Crippen LogP contribution in [0.15, 0.2) is 41.2 Å². The molecule has 4 rings (SSSR count). The molecule has 1 aromatic carbocycles. The summed E-state index contributed by atoms with van der Waals surface area (Å²) in [5, 5.41) is 8.28. The second-order valence-corrected chi connectivity index (χ2v) is 8.10. The molecule has 1 N–H and O–H groups in total. The second-order valence-electron chi connectivity index (χ2n) is 7.00. The number of hydrogen-bond donors (Lipinski definition) is 1. The van der Waals surface area contributed by atoms with Crippen molar-refractivity contribution in [3.8, 4) is 11.3 Å². The van der Waals surface area contributed by atoms with Crippen molar-refractivity contribution in [3.05, 3.63) is 62.8 Å². The van der Waals surface area contributed by atoms with Gasteiger partial charge in [-0.15, -0.1) is 11.3 Å². The van der Waals surface area contributed by atoms with Gasteiger partial charge in [-0.2, -0.15) is 5.10 Å². The number of thiophene rings is 1. The number of ether oxygens (including phenoxy) is 1. The summed E-state index contributed by atoms with van der Waals surface area (Å²) in [6.45, 7) is 2.12. The molecule has 6 nitrogen and oxygen atoms in total. The van der Waals surface area contributed by atoms with Crippen molar-refractivity contribution in [1.82, 2.24) is 9.78 Å². The molecule has 2 heterocycles. The van der Waals surface area contributed by atoms with E-state index in [4.69, 9.17) is 4.74 Å². The Morgan fingerprint density at radius 3 is 2.76 bits per heavy atom. The van der Waals surface area contributed by atoms with Gasteiger partial charge in [0.25, 0.3) is 5.56 Å². The number of anilines is 2. The highest BCUT2D eigenvalue weighted by molar-refractivity contribution is 7.16. The first-order chi connectivity index (χ1) is 14.1. The number of esters is 1. The summed E-state index contributed by atoms with van der Waals surface area (Å²) >= 11 is 1.55. The predicted octanol–water partition coefficient (Wildman–Crippen LogP) is 4.31. The fraction of sp³-hybridized carbons (Fsp3) is 0.318. The van der Waals surface area contributed by atoms with Gasteiger partial charge in [0, 0.05) is 17.5 Å². The lowest BCUT2D eigenvalue weighted by atomic mass is 9.95. The summed E-state index contributed by atoms with van der Waals surface area (Å²) in [6, 6.07) is 11.4. The molecule has 0 radical (unpaired) electrons. The Labute approximate surface area is 173 Å². The molecule has 3 aromatic rings. The highest BCUT2D eigenvalue weighted by Crippen LogP contribution is 2.39. The first-order valence-corrected chi connectivity index (χ1v) is 10.6. The monoisotopic (exact) mass is 409 g/mol. The molecule has 0 aliphatic heterocycles. The molecule has 0 fully saturated rings. The first-order valence-electron chi connectivity index (χ1n) is 9.81. The second kappa shape index (κ2) is 8.21. The lowest BCUT2D eigenvalue weighted by Crippen LogP contribution is -2.23. The molecule has 1 aliphatic carbocycles. The molecule has 0 unspecified atom stereocenters. The minimum Gasteiger partial charge on any atom is -0.462 e. The quantitative estimate of drug-likeness (QED) is 0.636. The Kier molecular flexibility index (Phi) is 5.49. The summed E-state index contributed by atoms with van der Waals surface area (Å²) in [7, 11) is 1.63. The minimum absolute atomic E-state index is 0.245. The summed E-state index contributed by atoms with van der Waals surface area (Å²) in [5.41, 5.74) is 3.40. The van der Waals surface area contributed by atoms with Gasteiger partial charge < -0.3 is 10.1 Å². The zero-order chi connectivity index (χ0) is 20.4. The molecule has 150 valence electrons. The van der Waals surface area contributed by atoms with Crippen LogP contribution in [-0.4, -0.2) is 22.4 Å².